The van der Waals surface area contributed by atoms with Crippen LogP contribution in [0.15, 0.2) is 47.1 Å². The third-order valence-electron chi connectivity index (χ3n) is 5.37. The summed E-state index contributed by atoms with van der Waals surface area (Å²) in [6, 6.07) is 12.4. The van der Waals surface area contributed by atoms with Gasteiger partial charge in [0.2, 0.25) is 0 Å². The van der Waals surface area contributed by atoms with Crippen LogP contribution in [0.2, 0.25) is 0 Å². The van der Waals surface area contributed by atoms with Gasteiger partial charge in [0.15, 0.2) is 0 Å². The standard InChI is InChI=1S/C21H21N3O2/c1-23-8-10-24(11-9-23)21-18-7-12-26-20(18)17-5-3-14-13-15(25-2)4-6-16(14)19(17)22-21/h3-7,12-13H,8-11H2,1-2H3. The van der Waals surface area contributed by atoms with Gasteiger partial charge in [-0.05, 0) is 42.8 Å². The largest absolute Gasteiger partial charge is 0.497 e. The zero-order valence-corrected chi connectivity index (χ0v) is 15.0. The summed E-state index contributed by atoms with van der Waals surface area (Å²) in [6.45, 7) is 4.05. The Morgan fingerprint density at radius 3 is 2.58 bits per heavy atom. The van der Waals surface area contributed by atoms with Crippen LogP contribution < -0.4 is 9.64 Å². The Labute approximate surface area is 151 Å². The molecule has 1 saturated heterocycles. The topological polar surface area (TPSA) is 41.7 Å². The van der Waals surface area contributed by atoms with Crippen LogP contribution in [0, 0.1) is 0 Å². The van der Waals surface area contributed by atoms with Crippen molar-refractivity contribution in [3.8, 4) is 5.75 Å². The molecule has 5 nitrogen and oxygen atoms in total. The molecule has 2 aromatic heterocycles. The molecule has 132 valence electrons. The summed E-state index contributed by atoms with van der Waals surface area (Å²) >= 11 is 0. The molecule has 1 aliphatic heterocycles. The van der Waals surface area contributed by atoms with Gasteiger partial charge in [0.25, 0.3) is 0 Å². The predicted octanol–water partition coefficient (Wildman–Crippen LogP) is 3.89. The Morgan fingerprint density at radius 2 is 1.77 bits per heavy atom. The van der Waals surface area contributed by atoms with Crippen LogP contribution >= 0.6 is 0 Å². The molecule has 0 radical (unpaired) electrons. The molecule has 0 atom stereocenters. The van der Waals surface area contributed by atoms with E-state index in [0.29, 0.717) is 0 Å². The molecule has 4 aromatic rings. The second-order valence-electron chi connectivity index (χ2n) is 6.94. The lowest BCUT2D eigenvalue weighted by Gasteiger charge is -2.33. The van der Waals surface area contributed by atoms with E-state index in [1.165, 1.54) is 0 Å². The third-order valence-corrected chi connectivity index (χ3v) is 5.37. The van der Waals surface area contributed by atoms with Crippen LogP contribution in [0.1, 0.15) is 0 Å². The van der Waals surface area contributed by atoms with Crippen molar-refractivity contribution < 1.29 is 9.15 Å². The fourth-order valence-corrected chi connectivity index (χ4v) is 3.84. The first kappa shape index (κ1) is 15.5. The number of benzene rings is 2. The number of nitrogens with zero attached hydrogens (tertiary/aromatic N) is 3. The Kier molecular flexibility index (Phi) is 3.50. The van der Waals surface area contributed by atoms with Gasteiger partial charge in [-0.1, -0.05) is 6.07 Å². The number of hydrogen-bond donors (Lipinski definition) is 0. The molecule has 0 bridgehead atoms. The van der Waals surface area contributed by atoms with Crippen molar-refractivity contribution in [1.29, 1.82) is 0 Å². The lowest BCUT2D eigenvalue weighted by Crippen LogP contribution is -2.44. The molecule has 0 spiro atoms. The maximum atomic E-state index is 5.88. The van der Waals surface area contributed by atoms with Crippen LogP contribution in [0.4, 0.5) is 5.82 Å². The summed E-state index contributed by atoms with van der Waals surface area (Å²) in [4.78, 5) is 9.84. The minimum absolute atomic E-state index is 0.857. The minimum Gasteiger partial charge on any atom is -0.497 e. The minimum atomic E-state index is 0.857. The van der Waals surface area contributed by atoms with Gasteiger partial charge in [-0.3, -0.25) is 0 Å². The number of aromatic nitrogens is 1. The lowest BCUT2D eigenvalue weighted by atomic mass is 10.0. The van der Waals surface area contributed by atoms with Gasteiger partial charge in [0.1, 0.15) is 17.2 Å². The lowest BCUT2D eigenvalue weighted by molar-refractivity contribution is 0.312. The van der Waals surface area contributed by atoms with Crippen molar-refractivity contribution in [3.05, 3.63) is 42.7 Å². The number of ether oxygens (including phenoxy) is 1. The van der Waals surface area contributed by atoms with E-state index in [0.717, 1.165) is 70.4 Å². The van der Waals surface area contributed by atoms with Crippen molar-refractivity contribution in [2.45, 2.75) is 0 Å². The summed E-state index contributed by atoms with van der Waals surface area (Å²) < 4.78 is 11.2. The summed E-state index contributed by atoms with van der Waals surface area (Å²) in [7, 11) is 3.86. The second-order valence-corrected chi connectivity index (χ2v) is 6.94. The van der Waals surface area contributed by atoms with Gasteiger partial charge >= 0.3 is 0 Å². The Hall–Kier alpha value is -2.79. The number of methoxy groups -OCH3 is 1. The van der Waals surface area contributed by atoms with Crippen molar-refractivity contribution in [1.82, 2.24) is 9.88 Å². The first-order valence-electron chi connectivity index (χ1n) is 8.96. The highest BCUT2D eigenvalue weighted by Gasteiger charge is 2.21. The molecule has 0 amide bonds. The molecule has 26 heavy (non-hydrogen) atoms. The molecule has 1 aliphatic rings. The van der Waals surface area contributed by atoms with Crippen molar-refractivity contribution in [3.63, 3.8) is 0 Å². The molecule has 5 heteroatoms. The normalized spacial score (nSPS) is 16.0. The monoisotopic (exact) mass is 347 g/mol. The number of anilines is 1. The smallest absolute Gasteiger partial charge is 0.146 e. The first-order valence-corrected chi connectivity index (χ1v) is 8.96. The number of pyridine rings is 1. The zero-order valence-electron chi connectivity index (χ0n) is 15.0. The maximum absolute atomic E-state index is 5.88. The quantitative estimate of drug-likeness (QED) is 0.515. The highest BCUT2D eigenvalue weighted by molar-refractivity contribution is 6.16. The van der Waals surface area contributed by atoms with Gasteiger partial charge in [-0.2, -0.15) is 0 Å². The van der Waals surface area contributed by atoms with Crippen LogP contribution in [-0.2, 0) is 0 Å². The van der Waals surface area contributed by atoms with E-state index in [2.05, 4.69) is 41.1 Å². The molecule has 0 aliphatic carbocycles. The highest BCUT2D eigenvalue weighted by Crippen LogP contribution is 2.36. The summed E-state index contributed by atoms with van der Waals surface area (Å²) in [5.41, 5.74) is 1.91. The molecule has 5 rings (SSSR count). The van der Waals surface area contributed by atoms with E-state index in [9.17, 15) is 0 Å². The van der Waals surface area contributed by atoms with E-state index in [4.69, 9.17) is 14.1 Å². The molecule has 1 fully saturated rings. The molecular formula is C21H21N3O2. The van der Waals surface area contributed by atoms with Crippen molar-refractivity contribution in [2.24, 2.45) is 0 Å². The molecule has 3 heterocycles. The van der Waals surface area contributed by atoms with Crippen LogP contribution in [-0.4, -0.2) is 50.2 Å². The SMILES string of the molecule is COc1ccc2c(ccc3c2nc(N2CCN(C)CC2)c2ccoc23)c1. The first-order chi connectivity index (χ1) is 12.7. The fourth-order valence-electron chi connectivity index (χ4n) is 3.84. The average Bonchev–Trinajstić information content (AvgIpc) is 3.17. The average molecular weight is 347 g/mol. The van der Waals surface area contributed by atoms with Crippen molar-refractivity contribution in [2.75, 3.05) is 45.2 Å². The maximum Gasteiger partial charge on any atom is 0.146 e. The number of rotatable bonds is 2. The van der Waals surface area contributed by atoms with Crippen LogP contribution in [0.5, 0.6) is 5.75 Å². The zero-order chi connectivity index (χ0) is 17.7. The number of hydrogen-bond acceptors (Lipinski definition) is 5. The summed E-state index contributed by atoms with van der Waals surface area (Å²) in [5, 5.41) is 4.40. The van der Waals surface area contributed by atoms with Gasteiger partial charge in [-0.15, -0.1) is 0 Å². The van der Waals surface area contributed by atoms with Gasteiger partial charge < -0.3 is 19.0 Å². The van der Waals surface area contributed by atoms with E-state index in [1.54, 1.807) is 13.4 Å². The Bertz CT molecular complexity index is 1110. The Morgan fingerprint density at radius 1 is 0.962 bits per heavy atom. The molecular weight excluding hydrogens is 326 g/mol. The summed E-state index contributed by atoms with van der Waals surface area (Å²) in [5.74, 6) is 1.88. The molecule has 0 N–H and O–H groups in total. The predicted molar refractivity (Wildman–Crippen MR) is 105 cm³/mol. The number of likely N-dealkylation sites (N-methyl/N-ethyl adjacent to an activating group) is 1. The highest BCUT2D eigenvalue weighted by atomic mass is 16.5. The van der Waals surface area contributed by atoms with Gasteiger partial charge in [-0.25, -0.2) is 4.98 Å². The fraction of sp³-hybridized carbons (Fsp3) is 0.286. The second kappa shape index (κ2) is 5.88. The van der Waals surface area contributed by atoms with Crippen LogP contribution in [0.3, 0.4) is 0 Å². The molecule has 2 aromatic carbocycles. The molecule has 0 saturated carbocycles. The number of fused-ring (bicyclic) bond motifs is 5. The van der Waals surface area contributed by atoms with E-state index in [1.807, 2.05) is 12.1 Å². The number of furan rings is 1. The molecule has 0 unspecified atom stereocenters. The van der Waals surface area contributed by atoms with Crippen LogP contribution in [0.25, 0.3) is 32.6 Å². The van der Waals surface area contributed by atoms with Gasteiger partial charge in [0, 0.05) is 37.0 Å². The van der Waals surface area contributed by atoms with E-state index in [-0.39, 0.29) is 0 Å². The van der Waals surface area contributed by atoms with Crippen molar-refractivity contribution >= 4 is 38.5 Å². The van der Waals surface area contributed by atoms with E-state index < -0.39 is 0 Å². The third kappa shape index (κ3) is 2.31. The van der Waals surface area contributed by atoms with E-state index >= 15 is 0 Å². The Balaban J connectivity index is 1.78. The summed E-state index contributed by atoms with van der Waals surface area (Å²) in [6.07, 6.45) is 1.77. The number of piperazine rings is 1. The van der Waals surface area contributed by atoms with Gasteiger partial charge in [0.05, 0.1) is 24.3 Å².